The van der Waals surface area contributed by atoms with Crippen LogP contribution in [0.1, 0.15) is 11.8 Å². The lowest BCUT2D eigenvalue weighted by atomic mass is 10.2. The van der Waals surface area contributed by atoms with Gasteiger partial charge in [-0.3, -0.25) is 4.90 Å². The smallest absolute Gasteiger partial charge is 0.140 e. The van der Waals surface area contributed by atoms with Crippen LogP contribution < -0.4 is 4.90 Å². The van der Waals surface area contributed by atoms with Gasteiger partial charge in [-0.15, -0.1) is 11.3 Å². The number of hydrogen-bond acceptors (Lipinski definition) is 7. The summed E-state index contributed by atoms with van der Waals surface area (Å²) in [6.07, 6.45) is 2.25. The van der Waals surface area contributed by atoms with Crippen LogP contribution in [-0.2, 0) is 6.42 Å². The normalized spacial score (nSPS) is 18.2. The van der Waals surface area contributed by atoms with Gasteiger partial charge in [0.15, 0.2) is 0 Å². The van der Waals surface area contributed by atoms with Crippen molar-refractivity contribution in [1.29, 1.82) is 0 Å². The second kappa shape index (κ2) is 7.74. The number of rotatable bonds is 6. The highest BCUT2D eigenvalue weighted by Gasteiger charge is 2.19. The number of fused-ring (bicyclic) bond motifs is 1. The van der Waals surface area contributed by atoms with Gasteiger partial charge in [-0.1, -0.05) is 6.92 Å². The zero-order chi connectivity index (χ0) is 17.1. The van der Waals surface area contributed by atoms with Crippen LogP contribution >= 0.6 is 11.3 Å². The Hall–Kier alpha value is -1.28. The first-order valence-electron chi connectivity index (χ1n) is 8.60. The maximum absolute atomic E-state index is 10.5. The maximum Gasteiger partial charge on any atom is 0.140 e. The van der Waals surface area contributed by atoms with Crippen LogP contribution in [0.25, 0.3) is 10.2 Å². The number of aliphatic hydroxyl groups is 1. The molecule has 1 fully saturated rings. The van der Waals surface area contributed by atoms with Crippen molar-refractivity contribution in [3.8, 4) is 0 Å². The van der Waals surface area contributed by atoms with E-state index in [-0.39, 0.29) is 6.10 Å². The van der Waals surface area contributed by atoms with Gasteiger partial charge in [0.1, 0.15) is 17.0 Å². The molecule has 6 nitrogen and oxygen atoms in total. The summed E-state index contributed by atoms with van der Waals surface area (Å²) >= 11 is 1.72. The van der Waals surface area contributed by atoms with Gasteiger partial charge in [-0.25, -0.2) is 9.97 Å². The Balaban J connectivity index is 1.64. The monoisotopic (exact) mass is 349 g/mol. The molecule has 0 spiro atoms. The zero-order valence-corrected chi connectivity index (χ0v) is 15.6. The summed E-state index contributed by atoms with van der Waals surface area (Å²) in [5, 5.41) is 11.6. The van der Waals surface area contributed by atoms with Crippen LogP contribution in [0.3, 0.4) is 0 Å². The molecule has 24 heavy (non-hydrogen) atoms. The van der Waals surface area contributed by atoms with Crippen molar-refractivity contribution in [2.75, 3.05) is 58.3 Å². The number of β-amino-alcohol motifs (C(OH)–C–C–N with tert-alkyl or cyclic N) is 1. The third kappa shape index (κ3) is 4.03. The fourth-order valence-electron chi connectivity index (χ4n) is 3.16. The van der Waals surface area contributed by atoms with E-state index in [1.165, 1.54) is 4.88 Å². The first kappa shape index (κ1) is 17.5. The largest absolute Gasteiger partial charge is 0.390 e. The molecule has 0 aromatic carbocycles. The van der Waals surface area contributed by atoms with Crippen LogP contribution in [0.15, 0.2) is 12.4 Å². The molecule has 1 aliphatic heterocycles. The predicted molar refractivity (Wildman–Crippen MR) is 100 cm³/mol. The molecule has 3 heterocycles. The van der Waals surface area contributed by atoms with E-state index >= 15 is 0 Å². The quantitative estimate of drug-likeness (QED) is 0.848. The highest BCUT2D eigenvalue weighted by molar-refractivity contribution is 7.18. The maximum atomic E-state index is 10.5. The summed E-state index contributed by atoms with van der Waals surface area (Å²) in [6.45, 7) is 7.65. The van der Waals surface area contributed by atoms with Crippen LogP contribution in [0.2, 0.25) is 0 Å². The average molecular weight is 350 g/mol. The lowest BCUT2D eigenvalue weighted by Gasteiger charge is -2.34. The van der Waals surface area contributed by atoms with Gasteiger partial charge in [0.25, 0.3) is 0 Å². The standard InChI is InChI=1S/C17H27N5OS/c1-4-14-9-15-16(18-12-19-17(15)24-14)21(3)10-13(23)11-22-7-5-20(2)6-8-22/h9,12-13,23H,4-8,10-11H2,1-3H3/t13-/m0/s1. The molecule has 0 saturated carbocycles. The van der Waals surface area contributed by atoms with Gasteiger partial charge in [0, 0.05) is 51.2 Å². The van der Waals surface area contributed by atoms with Crippen molar-refractivity contribution < 1.29 is 5.11 Å². The number of aliphatic hydroxyl groups excluding tert-OH is 1. The molecular weight excluding hydrogens is 322 g/mol. The third-order valence-corrected chi connectivity index (χ3v) is 5.81. The Labute approximate surface area is 147 Å². The van der Waals surface area contributed by atoms with E-state index in [1.807, 2.05) is 7.05 Å². The topological polar surface area (TPSA) is 55.7 Å². The number of aromatic nitrogens is 2. The second-order valence-corrected chi connectivity index (χ2v) is 7.74. The lowest BCUT2D eigenvalue weighted by molar-refractivity contribution is 0.0842. The molecule has 7 heteroatoms. The molecule has 2 aromatic rings. The molecule has 1 N–H and O–H groups in total. The molecule has 2 aromatic heterocycles. The Bertz CT molecular complexity index is 668. The summed E-state index contributed by atoms with van der Waals surface area (Å²) in [6, 6.07) is 2.18. The van der Waals surface area contributed by atoms with E-state index in [9.17, 15) is 5.11 Å². The Kier molecular flexibility index (Phi) is 5.65. The molecule has 0 bridgehead atoms. The molecule has 132 valence electrons. The van der Waals surface area contributed by atoms with Gasteiger partial charge in [0.05, 0.1) is 11.5 Å². The highest BCUT2D eigenvalue weighted by Crippen LogP contribution is 2.30. The van der Waals surface area contributed by atoms with Gasteiger partial charge < -0.3 is 14.9 Å². The Morgan fingerprint density at radius 3 is 2.75 bits per heavy atom. The van der Waals surface area contributed by atoms with E-state index in [0.29, 0.717) is 6.54 Å². The van der Waals surface area contributed by atoms with E-state index in [4.69, 9.17) is 0 Å². The number of thiophene rings is 1. The number of nitrogens with zero attached hydrogens (tertiary/aromatic N) is 5. The zero-order valence-electron chi connectivity index (χ0n) is 14.8. The average Bonchev–Trinajstić information content (AvgIpc) is 3.00. The van der Waals surface area contributed by atoms with E-state index in [1.54, 1.807) is 17.7 Å². The minimum atomic E-state index is -0.382. The minimum absolute atomic E-state index is 0.382. The van der Waals surface area contributed by atoms with E-state index in [0.717, 1.165) is 55.2 Å². The Morgan fingerprint density at radius 1 is 1.29 bits per heavy atom. The van der Waals surface area contributed by atoms with Crippen LogP contribution in [0.5, 0.6) is 0 Å². The number of hydrogen-bond donors (Lipinski definition) is 1. The summed E-state index contributed by atoms with van der Waals surface area (Å²) in [7, 11) is 4.14. The minimum Gasteiger partial charge on any atom is -0.390 e. The number of piperazine rings is 1. The van der Waals surface area contributed by atoms with Gasteiger partial charge in [-0.2, -0.15) is 0 Å². The first-order chi connectivity index (χ1) is 11.6. The van der Waals surface area contributed by atoms with Crippen molar-refractivity contribution >= 4 is 27.4 Å². The van der Waals surface area contributed by atoms with Crippen molar-refractivity contribution in [2.24, 2.45) is 0 Å². The van der Waals surface area contributed by atoms with Crippen LogP contribution in [0, 0.1) is 0 Å². The van der Waals surface area contributed by atoms with Crippen molar-refractivity contribution in [2.45, 2.75) is 19.4 Å². The molecule has 1 saturated heterocycles. The molecule has 0 amide bonds. The second-order valence-electron chi connectivity index (χ2n) is 6.62. The van der Waals surface area contributed by atoms with Crippen molar-refractivity contribution in [1.82, 2.24) is 19.8 Å². The number of aryl methyl sites for hydroxylation is 1. The van der Waals surface area contributed by atoms with Gasteiger partial charge >= 0.3 is 0 Å². The SMILES string of the molecule is CCc1cc2c(N(C)C[C@H](O)CN3CCN(C)CC3)ncnc2s1. The summed E-state index contributed by atoms with van der Waals surface area (Å²) in [4.78, 5) is 17.9. The number of likely N-dealkylation sites (N-methyl/N-ethyl adjacent to an activating group) is 2. The summed E-state index contributed by atoms with van der Waals surface area (Å²) in [5.41, 5.74) is 0. The summed E-state index contributed by atoms with van der Waals surface area (Å²) < 4.78 is 0. The first-order valence-corrected chi connectivity index (χ1v) is 9.42. The van der Waals surface area contributed by atoms with Crippen LogP contribution in [0.4, 0.5) is 5.82 Å². The molecular formula is C17H27N5OS. The fraction of sp³-hybridized carbons (Fsp3) is 0.647. The molecule has 0 unspecified atom stereocenters. The van der Waals surface area contributed by atoms with Crippen molar-refractivity contribution in [3.05, 3.63) is 17.3 Å². The third-order valence-electron chi connectivity index (χ3n) is 4.62. The van der Waals surface area contributed by atoms with Gasteiger partial charge in [-0.05, 0) is 19.5 Å². The van der Waals surface area contributed by atoms with Crippen LogP contribution in [-0.4, -0.2) is 84.3 Å². The lowest BCUT2D eigenvalue weighted by Crippen LogP contribution is -2.48. The Morgan fingerprint density at radius 2 is 2.04 bits per heavy atom. The van der Waals surface area contributed by atoms with E-state index < -0.39 is 0 Å². The molecule has 0 radical (unpaired) electrons. The number of anilines is 1. The van der Waals surface area contributed by atoms with Crippen molar-refractivity contribution in [3.63, 3.8) is 0 Å². The molecule has 3 rings (SSSR count). The fourth-order valence-corrected chi connectivity index (χ4v) is 4.09. The van der Waals surface area contributed by atoms with Gasteiger partial charge in [0.2, 0.25) is 0 Å². The van der Waals surface area contributed by atoms with E-state index in [2.05, 4.69) is 44.7 Å². The summed E-state index contributed by atoms with van der Waals surface area (Å²) in [5.74, 6) is 0.911. The highest BCUT2D eigenvalue weighted by atomic mass is 32.1. The predicted octanol–water partition coefficient (Wildman–Crippen LogP) is 1.30. The molecule has 1 aliphatic rings. The molecule has 1 atom stereocenters. The molecule has 0 aliphatic carbocycles.